The molecule has 0 aliphatic rings. The van der Waals surface area contributed by atoms with E-state index in [4.69, 9.17) is 5.11 Å². The van der Waals surface area contributed by atoms with Crippen LogP contribution in [0.5, 0.6) is 0 Å². The number of aliphatic hydroxyl groups excluding tert-OH is 1. The van der Waals surface area contributed by atoms with Crippen molar-refractivity contribution >= 4 is 0 Å². The van der Waals surface area contributed by atoms with Crippen LogP contribution in [-0.2, 0) is 0 Å². The van der Waals surface area contributed by atoms with Gasteiger partial charge in [0.15, 0.2) is 0 Å². The van der Waals surface area contributed by atoms with Crippen LogP contribution in [-0.4, -0.2) is 24.3 Å². The van der Waals surface area contributed by atoms with Crippen molar-refractivity contribution in [2.24, 2.45) is 0 Å². The van der Waals surface area contributed by atoms with Gasteiger partial charge in [0.2, 0.25) is 0 Å². The quantitative estimate of drug-likeness (QED) is 0.616. The smallest absolute Gasteiger partial charge is 0.0512 e. The number of rotatable bonds is 6. The topological polar surface area (TPSA) is 32.3 Å². The van der Waals surface area contributed by atoms with E-state index >= 15 is 0 Å². The van der Waals surface area contributed by atoms with Crippen LogP contribution in [0.15, 0.2) is 0 Å². The summed E-state index contributed by atoms with van der Waals surface area (Å²) >= 11 is 0. The minimum Gasteiger partial charge on any atom is -0.393 e. The molecule has 0 radical (unpaired) electrons. The maximum absolute atomic E-state index is 8.99. The lowest BCUT2D eigenvalue weighted by atomic mass is 10.1. The van der Waals surface area contributed by atoms with E-state index in [0.717, 1.165) is 12.8 Å². The van der Waals surface area contributed by atoms with Crippen LogP contribution in [0.25, 0.3) is 0 Å². The average molecular weight is 159 g/mol. The number of hydrogen-bond donors (Lipinski definition) is 2. The van der Waals surface area contributed by atoms with Gasteiger partial charge in [-0.25, -0.2) is 0 Å². The van der Waals surface area contributed by atoms with Crippen LogP contribution in [0.3, 0.4) is 0 Å². The summed E-state index contributed by atoms with van der Waals surface area (Å²) in [6, 6.07) is 0.633. The molecule has 0 aromatic rings. The summed E-state index contributed by atoms with van der Waals surface area (Å²) in [6.45, 7) is 4.03. The molecule has 0 saturated heterocycles. The van der Waals surface area contributed by atoms with E-state index in [1.165, 1.54) is 12.8 Å². The lowest BCUT2D eigenvalue weighted by molar-refractivity contribution is 0.179. The number of nitrogens with one attached hydrogen (secondary N) is 1. The zero-order chi connectivity index (χ0) is 8.69. The van der Waals surface area contributed by atoms with Crippen molar-refractivity contribution in [1.82, 2.24) is 5.32 Å². The van der Waals surface area contributed by atoms with Gasteiger partial charge in [0.25, 0.3) is 0 Å². The first-order valence-electron chi connectivity index (χ1n) is 4.56. The predicted molar refractivity (Wildman–Crippen MR) is 48.7 cm³/mol. The molecule has 0 saturated carbocycles. The van der Waals surface area contributed by atoms with E-state index in [0.29, 0.717) is 6.04 Å². The summed E-state index contributed by atoms with van der Waals surface area (Å²) in [4.78, 5) is 0. The minimum atomic E-state index is -0.135. The highest BCUT2D eigenvalue weighted by atomic mass is 16.3. The Kier molecular flexibility index (Phi) is 6.57. The molecule has 68 valence electrons. The number of hydrogen-bond acceptors (Lipinski definition) is 2. The first-order chi connectivity index (χ1) is 5.20. The summed E-state index contributed by atoms with van der Waals surface area (Å²) in [5.74, 6) is 0. The Morgan fingerprint density at radius 1 is 1.36 bits per heavy atom. The Labute approximate surface area is 70.0 Å². The van der Waals surface area contributed by atoms with E-state index < -0.39 is 0 Å². The van der Waals surface area contributed by atoms with E-state index in [1.54, 1.807) is 0 Å². The van der Waals surface area contributed by atoms with E-state index in [2.05, 4.69) is 12.2 Å². The summed E-state index contributed by atoms with van der Waals surface area (Å²) in [7, 11) is 2.00. The monoisotopic (exact) mass is 159 g/mol. The highest BCUT2D eigenvalue weighted by Gasteiger charge is 2.02. The van der Waals surface area contributed by atoms with Gasteiger partial charge in [0, 0.05) is 6.04 Å². The molecule has 0 aromatic carbocycles. The van der Waals surface area contributed by atoms with Gasteiger partial charge in [-0.1, -0.05) is 6.92 Å². The van der Waals surface area contributed by atoms with Gasteiger partial charge in [-0.15, -0.1) is 0 Å². The van der Waals surface area contributed by atoms with E-state index in [-0.39, 0.29) is 6.10 Å². The standard InChI is InChI=1S/C9H21NO/c1-4-9(10-3)7-5-6-8(2)11/h8-11H,4-7H2,1-3H3. The average Bonchev–Trinajstić information content (AvgIpc) is 1.98. The Balaban J connectivity index is 3.21. The molecule has 2 unspecified atom stereocenters. The highest BCUT2D eigenvalue weighted by Crippen LogP contribution is 2.05. The Morgan fingerprint density at radius 3 is 2.36 bits per heavy atom. The fraction of sp³-hybridized carbons (Fsp3) is 1.00. The van der Waals surface area contributed by atoms with Crippen LogP contribution in [0.2, 0.25) is 0 Å². The number of aliphatic hydroxyl groups is 1. The molecule has 0 spiro atoms. The maximum Gasteiger partial charge on any atom is 0.0512 e. The molecule has 0 rings (SSSR count). The van der Waals surface area contributed by atoms with Crippen molar-refractivity contribution in [3.8, 4) is 0 Å². The fourth-order valence-electron chi connectivity index (χ4n) is 1.21. The summed E-state index contributed by atoms with van der Waals surface area (Å²) < 4.78 is 0. The molecule has 0 aliphatic heterocycles. The van der Waals surface area contributed by atoms with Gasteiger partial charge in [0.1, 0.15) is 0 Å². The third-order valence-corrected chi connectivity index (χ3v) is 2.08. The molecule has 0 heterocycles. The van der Waals surface area contributed by atoms with Gasteiger partial charge in [-0.05, 0) is 39.7 Å². The predicted octanol–water partition coefficient (Wildman–Crippen LogP) is 1.54. The molecule has 2 heteroatoms. The SMILES string of the molecule is CCC(CCCC(C)O)NC. The molecule has 0 aliphatic carbocycles. The first kappa shape index (κ1) is 10.9. The molecule has 0 fully saturated rings. The molecule has 2 atom stereocenters. The summed E-state index contributed by atoms with van der Waals surface area (Å²) in [5, 5.41) is 12.2. The molecular formula is C9H21NO. The lowest BCUT2D eigenvalue weighted by Crippen LogP contribution is -2.24. The largest absolute Gasteiger partial charge is 0.393 e. The molecule has 2 N–H and O–H groups in total. The maximum atomic E-state index is 8.99. The Hall–Kier alpha value is -0.0800. The Bertz CT molecular complexity index is 79.6. The zero-order valence-electron chi connectivity index (χ0n) is 7.93. The van der Waals surface area contributed by atoms with Gasteiger partial charge in [-0.2, -0.15) is 0 Å². The van der Waals surface area contributed by atoms with Gasteiger partial charge < -0.3 is 10.4 Å². The van der Waals surface area contributed by atoms with Crippen molar-refractivity contribution < 1.29 is 5.11 Å². The minimum absolute atomic E-state index is 0.135. The molecule has 0 aromatic heterocycles. The summed E-state index contributed by atoms with van der Waals surface area (Å²) in [5.41, 5.74) is 0. The second-order valence-corrected chi connectivity index (χ2v) is 3.17. The van der Waals surface area contributed by atoms with Crippen LogP contribution in [0, 0.1) is 0 Å². The van der Waals surface area contributed by atoms with Crippen molar-refractivity contribution in [1.29, 1.82) is 0 Å². The molecular weight excluding hydrogens is 138 g/mol. The van der Waals surface area contributed by atoms with Crippen LogP contribution >= 0.6 is 0 Å². The molecule has 0 amide bonds. The van der Waals surface area contributed by atoms with Crippen molar-refractivity contribution in [3.05, 3.63) is 0 Å². The fourth-order valence-corrected chi connectivity index (χ4v) is 1.21. The second-order valence-electron chi connectivity index (χ2n) is 3.17. The summed E-state index contributed by atoms with van der Waals surface area (Å²) in [6.07, 6.45) is 4.27. The van der Waals surface area contributed by atoms with Crippen LogP contribution in [0.4, 0.5) is 0 Å². The van der Waals surface area contributed by atoms with Gasteiger partial charge in [0.05, 0.1) is 6.10 Å². The highest BCUT2D eigenvalue weighted by molar-refractivity contribution is 4.62. The normalized spacial score (nSPS) is 16.4. The van der Waals surface area contributed by atoms with E-state index in [9.17, 15) is 0 Å². The van der Waals surface area contributed by atoms with Crippen molar-refractivity contribution in [3.63, 3.8) is 0 Å². The zero-order valence-corrected chi connectivity index (χ0v) is 7.93. The third kappa shape index (κ3) is 6.32. The molecule has 11 heavy (non-hydrogen) atoms. The van der Waals surface area contributed by atoms with E-state index in [1.807, 2.05) is 14.0 Å². The first-order valence-corrected chi connectivity index (χ1v) is 4.56. The van der Waals surface area contributed by atoms with Gasteiger partial charge in [-0.3, -0.25) is 0 Å². The van der Waals surface area contributed by atoms with Crippen molar-refractivity contribution in [2.45, 2.75) is 51.7 Å². The molecule has 2 nitrogen and oxygen atoms in total. The lowest BCUT2D eigenvalue weighted by Gasteiger charge is -2.13. The second kappa shape index (κ2) is 6.62. The third-order valence-electron chi connectivity index (χ3n) is 2.08. The van der Waals surface area contributed by atoms with Crippen molar-refractivity contribution in [2.75, 3.05) is 7.05 Å². The van der Waals surface area contributed by atoms with Crippen LogP contribution in [0.1, 0.15) is 39.5 Å². The van der Waals surface area contributed by atoms with Crippen LogP contribution < -0.4 is 5.32 Å². The van der Waals surface area contributed by atoms with Gasteiger partial charge >= 0.3 is 0 Å². The Morgan fingerprint density at radius 2 is 2.00 bits per heavy atom. The molecule has 0 bridgehead atoms.